The van der Waals surface area contributed by atoms with E-state index in [9.17, 15) is 14.3 Å². The monoisotopic (exact) mass is 387 g/mol. The van der Waals surface area contributed by atoms with Crippen LogP contribution in [0.3, 0.4) is 0 Å². The lowest BCUT2D eigenvalue weighted by molar-refractivity contribution is 0.102. The Morgan fingerprint density at radius 1 is 1.16 bits per heavy atom. The molecule has 6 heteroatoms. The van der Waals surface area contributed by atoms with Gasteiger partial charge in [0.1, 0.15) is 11.6 Å². The van der Waals surface area contributed by atoms with Gasteiger partial charge in [0, 0.05) is 8.95 Å². The maximum Gasteiger partial charge on any atom is 0.259 e. The topological polar surface area (TPSA) is 49.3 Å². The highest BCUT2D eigenvalue weighted by Gasteiger charge is 2.13. The van der Waals surface area contributed by atoms with Gasteiger partial charge in [0.15, 0.2) is 0 Å². The van der Waals surface area contributed by atoms with Gasteiger partial charge >= 0.3 is 0 Å². The Morgan fingerprint density at radius 3 is 2.63 bits per heavy atom. The summed E-state index contributed by atoms with van der Waals surface area (Å²) < 4.78 is 14.3. The fraction of sp³-hybridized carbons (Fsp3) is 0. The molecule has 0 aliphatic carbocycles. The predicted octanol–water partition coefficient (Wildman–Crippen LogP) is 4.31. The number of carbonyl (C=O) groups excluding carboxylic acids is 1. The Labute approximate surface area is 125 Å². The second-order valence-electron chi connectivity index (χ2n) is 3.74. The summed E-state index contributed by atoms with van der Waals surface area (Å²) in [6, 6.07) is 8.46. The molecular weight excluding hydrogens is 381 g/mol. The molecule has 2 aromatic rings. The molecule has 0 unspecified atom stereocenters. The third-order valence-corrected chi connectivity index (χ3v) is 3.56. The van der Waals surface area contributed by atoms with E-state index in [1.54, 1.807) is 6.07 Å². The highest BCUT2D eigenvalue weighted by molar-refractivity contribution is 9.10. The molecule has 0 saturated carbocycles. The van der Waals surface area contributed by atoms with Gasteiger partial charge in [0.05, 0.1) is 11.3 Å². The number of aromatic hydroxyl groups is 1. The SMILES string of the molecule is O=C(Nc1cc(F)ccc1Br)c1cc(Br)ccc1O. The molecule has 2 aromatic carbocycles. The number of phenols is 1. The molecule has 0 spiro atoms. The smallest absolute Gasteiger partial charge is 0.259 e. The first kappa shape index (κ1) is 14.0. The molecule has 0 heterocycles. The molecule has 0 aliphatic heterocycles. The van der Waals surface area contributed by atoms with Crippen LogP contribution in [0.2, 0.25) is 0 Å². The van der Waals surface area contributed by atoms with Crippen LogP contribution in [0.5, 0.6) is 5.75 Å². The summed E-state index contributed by atoms with van der Waals surface area (Å²) in [5.41, 5.74) is 0.398. The highest BCUT2D eigenvalue weighted by atomic mass is 79.9. The van der Waals surface area contributed by atoms with Crippen LogP contribution in [0.15, 0.2) is 45.3 Å². The third-order valence-electron chi connectivity index (χ3n) is 2.38. The van der Waals surface area contributed by atoms with E-state index in [0.717, 1.165) is 0 Å². The Morgan fingerprint density at radius 2 is 1.89 bits per heavy atom. The summed E-state index contributed by atoms with van der Waals surface area (Å²) in [5.74, 6) is -1.13. The van der Waals surface area contributed by atoms with Crippen molar-refractivity contribution in [3.05, 3.63) is 56.7 Å². The van der Waals surface area contributed by atoms with E-state index < -0.39 is 11.7 Å². The lowest BCUT2D eigenvalue weighted by Gasteiger charge is -2.09. The van der Waals surface area contributed by atoms with Crippen molar-refractivity contribution in [1.82, 2.24) is 0 Å². The van der Waals surface area contributed by atoms with E-state index in [2.05, 4.69) is 37.2 Å². The van der Waals surface area contributed by atoms with Crippen LogP contribution >= 0.6 is 31.9 Å². The average Bonchev–Trinajstić information content (AvgIpc) is 2.36. The van der Waals surface area contributed by atoms with Crippen molar-refractivity contribution < 1.29 is 14.3 Å². The second kappa shape index (κ2) is 5.71. The van der Waals surface area contributed by atoms with Crippen LogP contribution in [0.4, 0.5) is 10.1 Å². The molecule has 0 saturated heterocycles. The van der Waals surface area contributed by atoms with E-state index >= 15 is 0 Å². The van der Waals surface area contributed by atoms with Crippen LogP contribution in [0.1, 0.15) is 10.4 Å². The predicted molar refractivity (Wildman–Crippen MR) is 77.9 cm³/mol. The zero-order valence-corrected chi connectivity index (χ0v) is 12.6. The Bertz CT molecular complexity index is 647. The number of amides is 1. The van der Waals surface area contributed by atoms with Gasteiger partial charge in [-0.3, -0.25) is 4.79 Å². The summed E-state index contributed by atoms with van der Waals surface area (Å²) >= 11 is 6.43. The van der Waals surface area contributed by atoms with Crippen molar-refractivity contribution >= 4 is 43.5 Å². The molecule has 2 rings (SSSR count). The van der Waals surface area contributed by atoms with Gasteiger partial charge in [0.25, 0.3) is 5.91 Å². The first-order chi connectivity index (χ1) is 8.97. The lowest BCUT2D eigenvalue weighted by Crippen LogP contribution is -2.12. The number of rotatable bonds is 2. The zero-order chi connectivity index (χ0) is 14.0. The van der Waals surface area contributed by atoms with Gasteiger partial charge in [-0.25, -0.2) is 4.39 Å². The van der Waals surface area contributed by atoms with Crippen molar-refractivity contribution in [2.24, 2.45) is 0 Å². The number of hydrogen-bond donors (Lipinski definition) is 2. The number of halogens is 3. The summed E-state index contributed by atoms with van der Waals surface area (Å²) in [5, 5.41) is 12.2. The molecule has 0 aliphatic rings. The van der Waals surface area contributed by atoms with Crippen LogP contribution in [-0.2, 0) is 0 Å². The molecule has 19 heavy (non-hydrogen) atoms. The second-order valence-corrected chi connectivity index (χ2v) is 5.51. The molecule has 0 aromatic heterocycles. The lowest BCUT2D eigenvalue weighted by atomic mass is 10.2. The van der Waals surface area contributed by atoms with E-state index in [1.165, 1.54) is 30.3 Å². The van der Waals surface area contributed by atoms with Crippen LogP contribution in [-0.4, -0.2) is 11.0 Å². The quantitative estimate of drug-likeness (QED) is 0.805. The molecule has 3 nitrogen and oxygen atoms in total. The third kappa shape index (κ3) is 3.33. The van der Waals surface area contributed by atoms with Gasteiger partial charge < -0.3 is 10.4 Å². The van der Waals surface area contributed by atoms with Gasteiger partial charge in [-0.1, -0.05) is 15.9 Å². The Hall–Kier alpha value is -1.40. The minimum absolute atomic E-state index is 0.102. The molecule has 0 atom stereocenters. The molecule has 1 amide bonds. The molecule has 0 radical (unpaired) electrons. The molecule has 0 bridgehead atoms. The number of nitrogens with one attached hydrogen (secondary N) is 1. The van der Waals surface area contributed by atoms with E-state index in [1.807, 2.05) is 0 Å². The molecule has 0 fully saturated rings. The van der Waals surface area contributed by atoms with Crippen molar-refractivity contribution in [1.29, 1.82) is 0 Å². The van der Waals surface area contributed by atoms with E-state index in [0.29, 0.717) is 14.6 Å². The van der Waals surface area contributed by atoms with Gasteiger partial charge in [-0.15, -0.1) is 0 Å². The largest absolute Gasteiger partial charge is 0.507 e. The van der Waals surface area contributed by atoms with Crippen molar-refractivity contribution in [3.63, 3.8) is 0 Å². The van der Waals surface area contributed by atoms with Gasteiger partial charge in [-0.2, -0.15) is 0 Å². The maximum atomic E-state index is 13.1. The Kier molecular flexibility index (Phi) is 4.21. The van der Waals surface area contributed by atoms with Gasteiger partial charge in [0.2, 0.25) is 0 Å². The minimum atomic E-state index is -0.523. The number of carbonyl (C=O) groups is 1. The molecule has 2 N–H and O–H groups in total. The normalized spacial score (nSPS) is 10.3. The van der Waals surface area contributed by atoms with Crippen LogP contribution in [0.25, 0.3) is 0 Å². The van der Waals surface area contributed by atoms with Crippen molar-refractivity contribution in [3.8, 4) is 5.75 Å². The fourth-order valence-electron chi connectivity index (χ4n) is 1.47. The van der Waals surface area contributed by atoms with Crippen molar-refractivity contribution in [2.45, 2.75) is 0 Å². The number of anilines is 1. The molecular formula is C13H8Br2FNO2. The number of hydrogen-bond acceptors (Lipinski definition) is 2. The fourth-order valence-corrected chi connectivity index (χ4v) is 2.18. The first-order valence-corrected chi connectivity index (χ1v) is 6.81. The summed E-state index contributed by atoms with van der Waals surface area (Å²) in [4.78, 5) is 12.0. The summed E-state index contributed by atoms with van der Waals surface area (Å²) in [6.07, 6.45) is 0. The van der Waals surface area contributed by atoms with Gasteiger partial charge in [-0.05, 0) is 52.3 Å². The summed E-state index contributed by atoms with van der Waals surface area (Å²) in [7, 11) is 0. The van der Waals surface area contributed by atoms with Crippen molar-refractivity contribution in [2.75, 3.05) is 5.32 Å². The highest BCUT2D eigenvalue weighted by Crippen LogP contribution is 2.26. The summed E-state index contributed by atoms with van der Waals surface area (Å²) in [6.45, 7) is 0. The van der Waals surface area contributed by atoms with Crippen LogP contribution in [0, 0.1) is 5.82 Å². The molecule has 98 valence electrons. The van der Waals surface area contributed by atoms with Crippen LogP contribution < -0.4 is 5.32 Å². The van der Waals surface area contributed by atoms with E-state index in [4.69, 9.17) is 0 Å². The Balaban J connectivity index is 2.30. The minimum Gasteiger partial charge on any atom is -0.507 e. The van der Waals surface area contributed by atoms with E-state index in [-0.39, 0.29) is 11.3 Å². The maximum absolute atomic E-state index is 13.1. The number of phenolic OH excluding ortho intramolecular Hbond substituents is 1. The number of benzene rings is 2. The first-order valence-electron chi connectivity index (χ1n) is 5.22. The average molecular weight is 389 g/mol. The zero-order valence-electron chi connectivity index (χ0n) is 9.45. The standard InChI is InChI=1S/C13H8Br2FNO2/c14-7-1-4-12(18)9(5-7)13(19)17-11-6-8(16)2-3-10(11)15/h1-6,18H,(H,17,19).